The van der Waals surface area contributed by atoms with Crippen molar-refractivity contribution in [1.82, 2.24) is 0 Å². The van der Waals surface area contributed by atoms with Crippen LogP contribution in [0.5, 0.6) is 0 Å². The van der Waals surface area contributed by atoms with Crippen molar-refractivity contribution in [2.75, 3.05) is 54.1 Å². The van der Waals surface area contributed by atoms with Gasteiger partial charge in [0.1, 0.15) is 19.3 Å². The van der Waals surface area contributed by atoms with Crippen molar-refractivity contribution in [2.24, 2.45) is 0 Å². The molecule has 0 aliphatic carbocycles. The zero-order valence-electron chi connectivity index (χ0n) is 33.4. The summed E-state index contributed by atoms with van der Waals surface area (Å²) in [5.74, 6) is -0.347. The van der Waals surface area contributed by atoms with Gasteiger partial charge in [-0.3, -0.25) is 9.36 Å². The molecular formula is C41H80NO7P. The maximum absolute atomic E-state index is 12.6. The molecule has 296 valence electrons. The Bertz CT molecular complexity index is 858. The molecule has 0 aliphatic heterocycles. The van der Waals surface area contributed by atoms with Crippen LogP contribution in [-0.2, 0) is 27.9 Å². The van der Waals surface area contributed by atoms with E-state index in [1.807, 2.05) is 21.1 Å². The minimum absolute atomic E-state index is 0.0249. The Kier molecular flexibility index (Phi) is 34.3. The van der Waals surface area contributed by atoms with E-state index in [0.29, 0.717) is 24.1 Å². The fraction of sp³-hybridized carbons (Fsp3) is 0.878. The molecular weight excluding hydrogens is 649 g/mol. The molecule has 0 rings (SSSR count). The predicted octanol–water partition coefficient (Wildman–Crippen LogP) is 11.0. The highest BCUT2D eigenvalue weighted by molar-refractivity contribution is 7.45. The molecule has 50 heavy (non-hydrogen) atoms. The number of carbonyl (C=O) groups excluding carboxylic acids is 1. The molecule has 0 saturated carbocycles. The fourth-order valence-electron chi connectivity index (χ4n) is 5.52. The van der Waals surface area contributed by atoms with Gasteiger partial charge in [-0.2, -0.15) is 0 Å². The molecule has 0 N–H and O–H groups in total. The number of rotatable bonds is 38. The molecule has 0 spiro atoms. The van der Waals surface area contributed by atoms with Crippen molar-refractivity contribution in [2.45, 2.75) is 180 Å². The largest absolute Gasteiger partial charge is 0.756 e. The average Bonchev–Trinajstić information content (AvgIpc) is 3.06. The van der Waals surface area contributed by atoms with Crippen molar-refractivity contribution < 1.29 is 37.3 Å². The number of likely N-dealkylation sites (N-methyl/N-ethyl adjacent to an activating group) is 1. The second kappa shape index (κ2) is 35.0. The van der Waals surface area contributed by atoms with Crippen LogP contribution >= 0.6 is 7.82 Å². The van der Waals surface area contributed by atoms with E-state index in [2.05, 4.69) is 38.2 Å². The Hall–Kier alpha value is -1.02. The number of hydrogen-bond donors (Lipinski definition) is 0. The van der Waals surface area contributed by atoms with Gasteiger partial charge in [0.15, 0.2) is 0 Å². The number of hydrogen-bond acceptors (Lipinski definition) is 7. The highest BCUT2D eigenvalue weighted by Crippen LogP contribution is 2.38. The summed E-state index contributed by atoms with van der Waals surface area (Å²) < 4.78 is 34.5. The van der Waals surface area contributed by atoms with E-state index in [0.717, 1.165) is 64.2 Å². The number of esters is 1. The molecule has 8 nitrogen and oxygen atoms in total. The Morgan fingerprint density at radius 1 is 0.620 bits per heavy atom. The molecule has 0 heterocycles. The topological polar surface area (TPSA) is 94.1 Å². The summed E-state index contributed by atoms with van der Waals surface area (Å²) in [6.07, 6.45) is 37.5. The Labute approximate surface area is 309 Å². The quantitative estimate of drug-likeness (QED) is 0.0205. The summed E-state index contributed by atoms with van der Waals surface area (Å²) in [7, 11) is 1.35. The molecule has 0 bridgehead atoms. The molecule has 2 atom stereocenters. The van der Waals surface area contributed by atoms with Gasteiger partial charge in [-0.25, -0.2) is 0 Å². The van der Waals surface area contributed by atoms with Crippen LogP contribution in [0.3, 0.4) is 0 Å². The van der Waals surface area contributed by atoms with E-state index in [1.54, 1.807) is 0 Å². The Morgan fingerprint density at radius 3 is 1.70 bits per heavy atom. The number of nitrogens with zero attached hydrogens (tertiary/aromatic N) is 1. The molecule has 0 amide bonds. The summed E-state index contributed by atoms with van der Waals surface area (Å²) >= 11 is 0. The van der Waals surface area contributed by atoms with E-state index in [4.69, 9.17) is 18.5 Å². The number of phosphoric ester groups is 1. The second-order valence-electron chi connectivity index (χ2n) is 15.0. The van der Waals surface area contributed by atoms with E-state index in [9.17, 15) is 14.3 Å². The van der Waals surface area contributed by atoms with Crippen LogP contribution in [0.2, 0.25) is 0 Å². The lowest BCUT2D eigenvalue weighted by Gasteiger charge is -2.28. The SMILES string of the molecule is CCC/C=C\C/C=C\CCCCCCCC(=O)OC(COCCCCCCCCCCCCCCCCC)COP(=O)([O-])OCC[N+](C)(C)C. The number of quaternary nitrogens is 1. The molecule has 0 radical (unpaired) electrons. The van der Waals surface area contributed by atoms with Gasteiger partial charge in [0.25, 0.3) is 7.82 Å². The lowest BCUT2D eigenvalue weighted by molar-refractivity contribution is -0.870. The van der Waals surface area contributed by atoms with Gasteiger partial charge < -0.3 is 27.9 Å². The van der Waals surface area contributed by atoms with E-state index < -0.39 is 13.9 Å². The van der Waals surface area contributed by atoms with Gasteiger partial charge in [0.2, 0.25) is 0 Å². The smallest absolute Gasteiger partial charge is 0.306 e. The van der Waals surface area contributed by atoms with Crippen LogP contribution in [0.25, 0.3) is 0 Å². The van der Waals surface area contributed by atoms with Gasteiger partial charge in [0, 0.05) is 13.0 Å². The monoisotopic (exact) mass is 730 g/mol. The zero-order chi connectivity index (χ0) is 37.0. The maximum Gasteiger partial charge on any atom is 0.306 e. The first-order chi connectivity index (χ1) is 24.1. The lowest BCUT2D eigenvalue weighted by Crippen LogP contribution is -2.37. The number of ether oxygens (including phenoxy) is 2. The van der Waals surface area contributed by atoms with Crippen LogP contribution < -0.4 is 4.89 Å². The van der Waals surface area contributed by atoms with E-state index >= 15 is 0 Å². The summed E-state index contributed by atoms with van der Waals surface area (Å²) in [5.41, 5.74) is 0. The summed E-state index contributed by atoms with van der Waals surface area (Å²) in [5, 5.41) is 0. The minimum Gasteiger partial charge on any atom is -0.756 e. The van der Waals surface area contributed by atoms with Crippen LogP contribution in [0.15, 0.2) is 24.3 Å². The maximum atomic E-state index is 12.6. The molecule has 0 aromatic heterocycles. The van der Waals surface area contributed by atoms with Crippen molar-refractivity contribution in [1.29, 1.82) is 0 Å². The second-order valence-corrected chi connectivity index (χ2v) is 16.4. The molecule has 0 saturated heterocycles. The number of carbonyl (C=O) groups is 1. The number of phosphoric acid groups is 1. The first-order valence-corrected chi connectivity index (χ1v) is 22.0. The zero-order valence-corrected chi connectivity index (χ0v) is 34.2. The first kappa shape index (κ1) is 49.0. The van der Waals surface area contributed by atoms with Crippen LogP contribution in [0.1, 0.15) is 174 Å². The summed E-state index contributed by atoms with van der Waals surface area (Å²) in [6, 6.07) is 0. The third-order valence-electron chi connectivity index (χ3n) is 8.74. The van der Waals surface area contributed by atoms with Gasteiger partial charge in [-0.05, 0) is 38.5 Å². The molecule has 0 fully saturated rings. The Morgan fingerprint density at radius 2 is 1.14 bits per heavy atom. The van der Waals surface area contributed by atoms with Crippen LogP contribution in [-0.4, -0.2) is 70.7 Å². The van der Waals surface area contributed by atoms with Crippen molar-refractivity contribution in [3.05, 3.63) is 24.3 Å². The third-order valence-corrected chi connectivity index (χ3v) is 9.70. The van der Waals surface area contributed by atoms with Gasteiger partial charge in [0.05, 0.1) is 34.4 Å². The molecule has 0 aromatic carbocycles. The summed E-state index contributed by atoms with van der Waals surface area (Å²) in [6.45, 7) is 5.34. The predicted molar refractivity (Wildman–Crippen MR) is 208 cm³/mol. The van der Waals surface area contributed by atoms with Crippen LogP contribution in [0, 0.1) is 0 Å². The van der Waals surface area contributed by atoms with Crippen molar-refractivity contribution >= 4 is 13.8 Å². The van der Waals surface area contributed by atoms with Crippen LogP contribution in [0.4, 0.5) is 0 Å². The lowest BCUT2D eigenvalue weighted by atomic mass is 10.0. The fourth-order valence-corrected chi connectivity index (χ4v) is 6.25. The first-order valence-electron chi connectivity index (χ1n) is 20.6. The van der Waals surface area contributed by atoms with Crippen molar-refractivity contribution in [3.63, 3.8) is 0 Å². The minimum atomic E-state index is -4.52. The van der Waals surface area contributed by atoms with Gasteiger partial charge >= 0.3 is 5.97 Å². The van der Waals surface area contributed by atoms with E-state index in [1.165, 1.54) is 89.9 Å². The average molecular weight is 730 g/mol. The standard InChI is InChI=1S/C41H80NO7P/c1-6-8-10-12-14-16-18-20-21-23-25-27-29-31-33-36-46-38-40(39-48-50(44,45)47-37-35-42(3,4)5)49-41(43)34-32-30-28-26-24-22-19-17-15-13-11-9-7-2/h11,13,17,19,40H,6-10,12,14-16,18,20-39H2,1-5H3/b13-11-,19-17-. The normalized spacial score (nSPS) is 14.1. The van der Waals surface area contributed by atoms with E-state index in [-0.39, 0.29) is 25.8 Å². The third kappa shape index (κ3) is 38.2. The number of unbranched alkanes of at least 4 members (excludes halogenated alkanes) is 20. The number of allylic oxidation sites excluding steroid dienone is 4. The highest BCUT2D eigenvalue weighted by atomic mass is 31.2. The highest BCUT2D eigenvalue weighted by Gasteiger charge is 2.20. The van der Waals surface area contributed by atoms with Gasteiger partial charge in [-0.1, -0.05) is 154 Å². The molecule has 9 heteroatoms. The van der Waals surface area contributed by atoms with Gasteiger partial charge in [-0.15, -0.1) is 0 Å². The molecule has 0 aromatic rings. The molecule has 0 aliphatic rings. The van der Waals surface area contributed by atoms with Crippen molar-refractivity contribution in [3.8, 4) is 0 Å². The molecule has 2 unspecified atom stereocenters. The Balaban J connectivity index is 4.26. The summed E-state index contributed by atoms with van der Waals surface area (Å²) in [4.78, 5) is 25.0.